The molecule has 1 saturated heterocycles. The maximum absolute atomic E-state index is 12.0. The van der Waals surface area contributed by atoms with Gasteiger partial charge in [0, 0.05) is 0 Å². The molecule has 2 aromatic heterocycles. The monoisotopic (exact) mass is 442 g/mol. The minimum atomic E-state index is -4.59. The minimum Gasteiger partial charge on any atom is -0.480 e. The van der Waals surface area contributed by atoms with Gasteiger partial charge in [-0.05, 0) is 19.1 Å². The van der Waals surface area contributed by atoms with Crippen molar-refractivity contribution in [1.82, 2.24) is 19.7 Å². The molecule has 30 heavy (non-hydrogen) atoms. The zero-order chi connectivity index (χ0) is 22.3. The molecule has 0 saturated carbocycles. The molecule has 2 aromatic rings. The zero-order valence-electron chi connectivity index (χ0n) is 15.5. The van der Waals surface area contributed by atoms with Crippen LogP contribution in [0.5, 0.6) is 0 Å². The van der Waals surface area contributed by atoms with Crippen molar-refractivity contribution in [2.75, 3.05) is 12.3 Å². The van der Waals surface area contributed by atoms with Crippen LogP contribution in [0, 0.1) is 11.3 Å². The first-order chi connectivity index (χ1) is 14.0. The van der Waals surface area contributed by atoms with E-state index in [9.17, 15) is 29.7 Å². The smallest absolute Gasteiger partial charge is 0.403 e. The molecular formula is C15H19N6O8P. The van der Waals surface area contributed by atoms with E-state index in [0.29, 0.717) is 5.52 Å². The molecule has 0 aliphatic carbocycles. The fraction of sp³-hybridized carbons (Fsp3) is 0.467. The fourth-order valence-corrected chi connectivity index (χ4v) is 4.09. The predicted octanol–water partition coefficient (Wildman–Crippen LogP) is -1.67. The van der Waals surface area contributed by atoms with E-state index in [1.54, 1.807) is 0 Å². The highest BCUT2D eigenvalue weighted by Gasteiger charge is 2.57. The van der Waals surface area contributed by atoms with E-state index in [1.165, 1.54) is 16.6 Å². The summed E-state index contributed by atoms with van der Waals surface area (Å²) >= 11 is 0. The summed E-state index contributed by atoms with van der Waals surface area (Å²) < 4.78 is 23.6. The Bertz CT molecular complexity index is 1060. The van der Waals surface area contributed by atoms with Gasteiger partial charge in [0.05, 0.1) is 12.3 Å². The van der Waals surface area contributed by atoms with Crippen molar-refractivity contribution in [1.29, 1.82) is 5.26 Å². The number of aromatic nitrogens is 3. The van der Waals surface area contributed by atoms with Gasteiger partial charge in [0.15, 0.2) is 5.82 Å². The Morgan fingerprint density at radius 1 is 1.57 bits per heavy atom. The summed E-state index contributed by atoms with van der Waals surface area (Å²) in [6, 6.07) is 3.33. The normalized spacial score (nSPS) is 29.4. The van der Waals surface area contributed by atoms with Gasteiger partial charge >= 0.3 is 13.7 Å². The summed E-state index contributed by atoms with van der Waals surface area (Å²) in [5.74, 6) is -1.28. The second kappa shape index (κ2) is 7.89. The second-order valence-corrected chi connectivity index (χ2v) is 8.16. The Kier molecular flexibility index (Phi) is 5.81. The molecule has 2 unspecified atom stereocenters. The van der Waals surface area contributed by atoms with Crippen molar-refractivity contribution in [2.45, 2.75) is 36.9 Å². The lowest BCUT2D eigenvalue weighted by Gasteiger charge is -2.24. The van der Waals surface area contributed by atoms with Crippen molar-refractivity contribution < 1.29 is 38.8 Å². The molecular weight excluding hydrogens is 423 g/mol. The van der Waals surface area contributed by atoms with E-state index < -0.39 is 50.3 Å². The Labute approximate surface area is 169 Å². The third-order valence-electron chi connectivity index (χ3n) is 4.63. The number of nitriles is 1. The Morgan fingerprint density at radius 3 is 2.90 bits per heavy atom. The van der Waals surface area contributed by atoms with Gasteiger partial charge in [-0.2, -0.15) is 10.4 Å². The van der Waals surface area contributed by atoms with Crippen LogP contribution in [-0.4, -0.2) is 71.7 Å². The summed E-state index contributed by atoms with van der Waals surface area (Å²) in [6.45, 7) is 0.403. The van der Waals surface area contributed by atoms with Gasteiger partial charge in [-0.1, -0.05) is 0 Å². The Morgan fingerprint density at radius 2 is 2.27 bits per heavy atom. The molecule has 0 radical (unpaired) electrons. The van der Waals surface area contributed by atoms with Gasteiger partial charge in [0.2, 0.25) is 5.60 Å². The first-order valence-corrected chi connectivity index (χ1v) is 10.1. The van der Waals surface area contributed by atoms with Crippen molar-refractivity contribution in [3.05, 3.63) is 24.2 Å². The number of fused-ring (bicyclic) bond motifs is 1. The molecule has 0 bridgehead atoms. The van der Waals surface area contributed by atoms with Gasteiger partial charge in [0.1, 0.15) is 42.3 Å². The first kappa shape index (κ1) is 22.1. The van der Waals surface area contributed by atoms with Crippen LogP contribution in [0.25, 0.3) is 5.52 Å². The van der Waals surface area contributed by atoms with Crippen molar-refractivity contribution in [3.8, 4) is 6.07 Å². The molecule has 3 heterocycles. The zero-order valence-corrected chi connectivity index (χ0v) is 16.4. The fourth-order valence-electron chi connectivity index (χ4n) is 3.06. The highest BCUT2D eigenvalue weighted by molar-refractivity contribution is 7.50. The number of carboxylic acid groups (broad SMARTS) is 1. The predicted molar refractivity (Wildman–Crippen MR) is 97.6 cm³/mol. The number of nitrogens with two attached hydrogens (primary N) is 1. The number of rotatable bonds is 7. The molecule has 7 N–H and O–H groups in total. The molecule has 15 heteroatoms. The molecule has 1 aliphatic heterocycles. The molecule has 162 valence electrons. The minimum absolute atomic E-state index is 0.0490. The second-order valence-electron chi connectivity index (χ2n) is 6.61. The van der Waals surface area contributed by atoms with Crippen molar-refractivity contribution in [3.63, 3.8) is 0 Å². The van der Waals surface area contributed by atoms with Crippen molar-refractivity contribution in [2.24, 2.45) is 0 Å². The topological polar surface area (TPSA) is 226 Å². The molecule has 0 amide bonds. The summed E-state index contributed by atoms with van der Waals surface area (Å²) in [5, 5.41) is 45.4. The average Bonchev–Trinajstić information content (AvgIpc) is 3.22. The largest absolute Gasteiger partial charge is 0.480 e. The number of ether oxygens (including phenoxy) is 1. The van der Waals surface area contributed by atoms with Crippen molar-refractivity contribution >= 4 is 25.1 Å². The van der Waals surface area contributed by atoms with E-state index in [2.05, 4.69) is 10.1 Å². The van der Waals surface area contributed by atoms with Crippen LogP contribution >= 0.6 is 7.75 Å². The average molecular weight is 442 g/mol. The SMILES string of the molecule is C[C@H](NP(=O)(O)OC[C@H]1O[C@@](C#N)(c2ccc3c(N)ncnn23)[C@@H](O)C1O)C(=O)O. The van der Waals surface area contributed by atoms with Crippen LogP contribution in [0.2, 0.25) is 0 Å². The molecule has 3 rings (SSSR count). The van der Waals surface area contributed by atoms with Gasteiger partial charge in [-0.15, -0.1) is 0 Å². The van der Waals surface area contributed by atoms with Gasteiger partial charge < -0.3 is 30.7 Å². The number of hydrogen-bond acceptors (Lipinski definition) is 10. The van der Waals surface area contributed by atoms with Gasteiger partial charge in [-0.3, -0.25) is 9.32 Å². The van der Waals surface area contributed by atoms with E-state index in [4.69, 9.17) is 20.1 Å². The number of aliphatic hydroxyl groups is 2. The third kappa shape index (κ3) is 3.75. The molecule has 0 spiro atoms. The summed E-state index contributed by atoms with van der Waals surface area (Å²) in [4.78, 5) is 24.4. The van der Waals surface area contributed by atoms with E-state index in [-0.39, 0.29) is 11.5 Å². The maximum Gasteiger partial charge on any atom is 0.403 e. The van der Waals surface area contributed by atoms with Gasteiger partial charge in [-0.25, -0.2) is 19.2 Å². The summed E-state index contributed by atoms with van der Waals surface area (Å²) in [6.07, 6.45) is -3.71. The number of carbonyl (C=O) groups is 1. The molecule has 1 fully saturated rings. The summed E-state index contributed by atoms with van der Waals surface area (Å²) in [7, 11) is -4.59. The molecule has 0 aromatic carbocycles. The van der Waals surface area contributed by atoms with Crippen LogP contribution in [0.4, 0.5) is 5.82 Å². The quantitative estimate of drug-likeness (QED) is 0.264. The van der Waals surface area contributed by atoms with Crippen LogP contribution in [0.15, 0.2) is 18.5 Å². The molecule has 14 nitrogen and oxygen atoms in total. The summed E-state index contributed by atoms with van der Waals surface area (Å²) in [5.41, 5.74) is 4.05. The highest BCUT2D eigenvalue weighted by atomic mass is 31.2. The van der Waals surface area contributed by atoms with E-state index in [1.807, 2.05) is 11.2 Å². The van der Waals surface area contributed by atoms with E-state index in [0.717, 1.165) is 13.3 Å². The van der Waals surface area contributed by atoms with Crippen LogP contribution < -0.4 is 10.8 Å². The lowest BCUT2D eigenvalue weighted by molar-refractivity contribution is -0.138. The lowest BCUT2D eigenvalue weighted by atomic mass is 9.92. The Balaban J connectivity index is 1.84. The van der Waals surface area contributed by atoms with Gasteiger partial charge in [0.25, 0.3) is 0 Å². The third-order valence-corrected chi connectivity index (χ3v) is 5.84. The Hall–Kier alpha value is -2.63. The number of nitrogen functional groups attached to an aromatic ring is 1. The number of aliphatic hydroxyl groups excluding tert-OH is 2. The van der Waals surface area contributed by atoms with Crippen LogP contribution in [-0.2, 0) is 24.2 Å². The number of anilines is 1. The standard InChI is InChI=1S/C15H19N6O8P/c1-7(14(24)25)20-30(26,27)28-4-9-11(22)12(23)15(5-16,29-9)10-3-2-8-13(17)18-6-19-21(8)10/h2-3,6-7,9,11-12,22-23H,4H2,1H3,(H,24,25)(H2,17,18,19)(H2,20,26,27)/t7-,9+,11?,12-,15-/m0/s1. The lowest BCUT2D eigenvalue weighted by Crippen LogP contribution is -2.41. The maximum atomic E-state index is 12.0. The van der Waals surface area contributed by atoms with Crippen LogP contribution in [0.3, 0.4) is 0 Å². The molecule has 1 aliphatic rings. The van der Waals surface area contributed by atoms with Crippen LogP contribution in [0.1, 0.15) is 12.6 Å². The number of nitrogens with one attached hydrogen (secondary N) is 1. The highest BCUT2D eigenvalue weighted by Crippen LogP contribution is 2.43. The number of aliphatic carboxylic acids is 1. The number of nitrogens with zero attached hydrogens (tertiary/aromatic N) is 4. The number of hydrogen-bond donors (Lipinski definition) is 6. The number of carboxylic acids is 1. The molecule has 6 atom stereocenters. The van der Waals surface area contributed by atoms with E-state index >= 15 is 0 Å². The first-order valence-electron chi connectivity index (χ1n) is 8.54.